The maximum absolute atomic E-state index is 12.8. The normalized spacial score (nSPS) is 10.8. The largest absolute Gasteiger partial charge is 0.497 e. The van der Waals surface area contributed by atoms with Gasteiger partial charge in [-0.2, -0.15) is 0 Å². The Hall–Kier alpha value is -2.94. The second-order valence-electron chi connectivity index (χ2n) is 5.39. The molecule has 2 rings (SSSR count). The van der Waals surface area contributed by atoms with Crippen LogP contribution in [-0.4, -0.2) is 42.2 Å². The van der Waals surface area contributed by atoms with Crippen molar-refractivity contribution in [3.63, 3.8) is 0 Å². The van der Waals surface area contributed by atoms with Gasteiger partial charge >= 0.3 is 0 Å². The van der Waals surface area contributed by atoms with Crippen LogP contribution in [0, 0.1) is 0 Å². The first-order chi connectivity index (χ1) is 12.9. The van der Waals surface area contributed by atoms with E-state index in [9.17, 15) is 13.2 Å². The Morgan fingerprint density at radius 2 is 1.67 bits per heavy atom. The van der Waals surface area contributed by atoms with E-state index in [0.717, 1.165) is 0 Å². The van der Waals surface area contributed by atoms with Crippen LogP contribution in [0.5, 0.6) is 17.2 Å². The van der Waals surface area contributed by atoms with Crippen LogP contribution in [0.4, 0.5) is 5.69 Å². The van der Waals surface area contributed by atoms with Gasteiger partial charge in [-0.25, -0.2) is 8.42 Å². The van der Waals surface area contributed by atoms with E-state index < -0.39 is 15.9 Å². The smallest absolute Gasteiger partial charge is 0.262 e. The first kappa shape index (κ1) is 20.4. The number of anilines is 1. The molecule has 0 saturated heterocycles. The Balaban J connectivity index is 2.42. The van der Waals surface area contributed by atoms with E-state index in [1.807, 2.05) is 0 Å². The molecule has 146 valence electrons. The zero-order chi connectivity index (χ0) is 20.0. The fourth-order valence-corrected chi connectivity index (χ4v) is 3.47. The van der Waals surface area contributed by atoms with Gasteiger partial charge in [0, 0.05) is 12.6 Å². The van der Waals surface area contributed by atoms with E-state index in [0.29, 0.717) is 18.0 Å². The van der Waals surface area contributed by atoms with Crippen molar-refractivity contribution in [1.29, 1.82) is 0 Å². The number of benzene rings is 2. The molecule has 0 aliphatic carbocycles. The molecule has 0 radical (unpaired) electrons. The molecule has 0 bridgehead atoms. The minimum Gasteiger partial charge on any atom is -0.497 e. The number of hydrogen-bond donors (Lipinski definition) is 2. The molecule has 2 N–H and O–H groups in total. The van der Waals surface area contributed by atoms with Crippen molar-refractivity contribution in [3.8, 4) is 17.2 Å². The molecule has 0 aliphatic rings. The van der Waals surface area contributed by atoms with Crippen LogP contribution in [0.3, 0.4) is 0 Å². The third kappa shape index (κ3) is 4.62. The number of nitrogens with one attached hydrogen (secondary N) is 2. The number of amides is 1. The average Bonchev–Trinajstić information content (AvgIpc) is 2.67. The molecular weight excluding hydrogens is 372 g/mol. The summed E-state index contributed by atoms with van der Waals surface area (Å²) in [5, 5.41) is 2.63. The van der Waals surface area contributed by atoms with Crippen LogP contribution in [0.2, 0.25) is 0 Å². The molecule has 0 spiro atoms. The summed E-state index contributed by atoms with van der Waals surface area (Å²) in [5.41, 5.74) is 0.373. The van der Waals surface area contributed by atoms with E-state index in [2.05, 4.69) is 10.0 Å². The van der Waals surface area contributed by atoms with Crippen molar-refractivity contribution < 1.29 is 27.4 Å². The van der Waals surface area contributed by atoms with E-state index in [4.69, 9.17) is 14.2 Å². The molecule has 0 aliphatic heterocycles. The van der Waals surface area contributed by atoms with Gasteiger partial charge < -0.3 is 19.5 Å². The second-order valence-corrected chi connectivity index (χ2v) is 7.08. The molecule has 0 atom stereocenters. The number of rotatable bonds is 8. The van der Waals surface area contributed by atoms with Gasteiger partial charge in [0.25, 0.3) is 15.9 Å². The van der Waals surface area contributed by atoms with Crippen LogP contribution in [0.25, 0.3) is 0 Å². The fourth-order valence-electron chi connectivity index (χ4n) is 2.37. The number of carbonyl (C=O) groups excluding carboxylic acids is 1. The van der Waals surface area contributed by atoms with Crippen LogP contribution in [-0.2, 0) is 10.0 Å². The van der Waals surface area contributed by atoms with E-state index >= 15 is 0 Å². The Labute approximate surface area is 158 Å². The molecule has 0 heterocycles. The molecule has 8 nitrogen and oxygen atoms in total. The van der Waals surface area contributed by atoms with Crippen LogP contribution < -0.4 is 24.2 Å². The van der Waals surface area contributed by atoms with Crippen molar-refractivity contribution in [1.82, 2.24) is 5.32 Å². The lowest BCUT2D eigenvalue weighted by Gasteiger charge is -2.14. The Kier molecular flexibility index (Phi) is 6.51. The Bertz CT molecular complexity index is 927. The molecule has 2 aromatic rings. The number of sulfonamides is 1. The predicted molar refractivity (Wildman–Crippen MR) is 101 cm³/mol. The summed E-state index contributed by atoms with van der Waals surface area (Å²) in [6.45, 7) is 2.17. The second kappa shape index (κ2) is 8.63. The summed E-state index contributed by atoms with van der Waals surface area (Å²) in [6.07, 6.45) is 0. The molecule has 2 aromatic carbocycles. The minimum atomic E-state index is -3.97. The van der Waals surface area contributed by atoms with Crippen molar-refractivity contribution in [2.24, 2.45) is 0 Å². The van der Waals surface area contributed by atoms with Gasteiger partial charge in [-0.1, -0.05) is 0 Å². The molecule has 27 heavy (non-hydrogen) atoms. The van der Waals surface area contributed by atoms with E-state index in [-0.39, 0.29) is 21.9 Å². The molecule has 0 unspecified atom stereocenters. The van der Waals surface area contributed by atoms with Crippen molar-refractivity contribution in [2.75, 3.05) is 32.6 Å². The highest BCUT2D eigenvalue weighted by Crippen LogP contribution is 2.31. The van der Waals surface area contributed by atoms with Gasteiger partial charge in [-0.05, 0) is 37.3 Å². The summed E-state index contributed by atoms with van der Waals surface area (Å²) in [4.78, 5) is 12.1. The van der Waals surface area contributed by atoms with Gasteiger partial charge in [0.05, 0.1) is 37.5 Å². The summed E-state index contributed by atoms with van der Waals surface area (Å²) < 4.78 is 43.5. The maximum Gasteiger partial charge on any atom is 0.262 e. The standard InChI is InChI=1S/C18H22N2O6S/c1-5-19-18(21)14-11-13(7-9-16(14)25-3)27(22,23)20-15-8-6-12(24-2)10-17(15)26-4/h6-11,20H,5H2,1-4H3,(H,19,21). The Morgan fingerprint density at radius 3 is 2.26 bits per heavy atom. The summed E-state index contributed by atoms with van der Waals surface area (Å²) in [7, 11) is 0.364. The summed E-state index contributed by atoms with van der Waals surface area (Å²) >= 11 is 0. The number of methoxy groups -OCH3 is 3. The van der Waals surface area contributed by atoms with Crippen molar-refractivity contribution in [3.05, 3.63) is 42.0 Å². The Morgan fingerprint density at radius 1 is 0.963 bits per heavy atom. The lowest BCUT2D eigenvalue weighted by molar-refractivity contribution is 0.0952. The van der Waals surface area contributed by atoms with Crippen LogP contribution in [0.15, 0.2) is 41.3 Å². The highest BCUT2D eigenvalue weighted by atomic mass is 32.2. The molecule has 0 fully saturated rings. The van der Waals surface area contributed by atoms with Gasteiger partial charge in [-0.15, -0.1) is 0 Å². The van der Waals surface area contributed by atoms with Gasteiger partial charge in [-0.3, -0.25) is 9.52 Å². The summed E-state index contributed by atoms with van der Waals surface area (Å²) in [6, 6.07) is 8.76. The molecular formula is C18H22N2O6S. The average molecular weight is 394 g/mol. The lowest BCUT2D eigenvalue weighted by atomic mass is 10.2. The monoisotopic (exact) mass is 394 g/mol. The van der Waals surface area contributed by atoms with Crippen molar-refractivity contribution >= 4 is 21.6 Å². The third-order valence-electron chi connectivity index (χ3n) is 3.72. The SMILES string of the molecule is CCNC(=O)c1cc(S(=O)(=O)Nc2ccc(OC)cc2OC)ccc1OC. The molecule has 0 aromatic heterocycles. The maximum atomic E-state index is 12.8. The quantitative estimate of drug-likeness (QED) is 0.712. The topological polar surface area (TPSA) is 103 Å². The van der Waals surface area contributed by atoms with E-state index in [1.54, 1.807) is 19.1 Å². The number of carbonyl (C=O) groups is 1. The van der Waals surface area contributed by atoms with E-state index in [1.165, 1.54) is 45.6 Å². The first-order valence-electron chi connectivity index (χ1n) is 8.07. The molecule has 9 heteroatoms. The third-order valence-corrected chi connectivity index (χ3v) is 5.08. The molecule has 1 amide bonds. The number of hydrogen-bond acceptors (Lipinski definition) is 6. The van der Waals surface area contributed by atoms with Crippen LogP contribution >= 0.6 is 0 Å². The number of ether oxygens (including phenoxy) is 3. The summed E-state index contributed by atoms with van der Waals surface area (Å²) in [5.74, 6) is 0.684. The van der Waals surface area contributed by atoms with Gasteiger partial charge in [0.15, 0.2) is 0 Å². The zero-order valence-corrected chi connectivity index (χ0v) is 16.3. The van der Waals surface area contributed by atoms with Gasteiger partial charge in [0.2, 0.25) is 0 Å². The predicted octanol–water partition coefficient (Wildman–Crippen LogP) is 2.26. The van der Waals surface area contributed by atoms with Gasteiger partial charge in [0.1, 0.15) is 17.2 Å². The van der Waals surface area contributed by atoms with Crippen LogP contribution in [0.1, 0.15) is 17.3 Å². The highest BCUT2D eigenvalue weighted by Gasteiger charge is 2.21. The van der Waals surface area contributed by atoms with Crippen molar-refractivity contribution in [2.45, 2.75) is 11.8 Å². The lowest BCUT2D eigenvalue weighted by Crippen LogP contribution is -2.24. The molecule has 0 saturated carbocycles. The fraction of sp³-hybridized carbons (Fsp3) is 0.278. The highest BCUT2D eigenvalue weighted by molar-refractivity contribution is 7.92. The minimum absolute atomic E-state index is 0.0811. The first-order valence-corrected chi connectivity index (χ1v) is 9.55. The zero-order valence-electron chi connectivity index (χ0n) is 15.5.